The summed E-state index contributed by atoms with van der Waals surface area (Å²) in [5, 5.41) is 2.14. The van der Waals surface area contributed by atoms with Crippen molar-refractivity contribution in [2.75, 3.05) is 12.5 Å². The molecular weight excluding hydrogens is 655 g/mol. The van der Waals surface area contributed by atoms with E-state index in [4.69, 9.17) is 19.4 Å². The molecule has 0 N–H and O–H groups in total. The molecule has 4 nitrogen and oxygen atoms in total. The first-order valence-corrected chi connectivity index (χ1v) is 19.9. The average Bonchev–Trinajstić information content (AvgIpc) is 3.68. The molecule has 9 aromatic rings. The molecule has 0 aliphatic carbocycles. The van der Waals surface area contributed by atoms with Crippen molar-refractivity contribution in [2.45, 2.75) is 9.79 Å². The number of hydrogen-bond acceptors (Lipinski definition) is 4. The molecule has 10 rings (SSSR count). The van der Waals surface area contributed by atoms with E-state index in [1.165, 1.54) is 20.9 Å². The van der Waals surface area contributed by atoms with Crippen molar-refractivity contribution in [3.8, 4) is 67.5 Å². The lowest BCUT2D eigenvalue weighted by molar-refractivity contribution is 0.669. The van der Waals surface area contributed by atoms with Gasteiger partial charge in [-0.1, -0.05) is 127 Å². The Morgan fingerprint density at radius 2 is 0.904 bits per heavy atom. The van der Waals surface area contributed by atoms with Crippen molar-refractivity contribution in [1.29, 1.82) is 0 Å². The zero-order valence-electron chi connectivity index (χ0n) is 28.7. The molecular formula is C47H33N3OS. The van der Waals surface area contributed by atoms with E-state index < -0.39 is 10.0 Å². The van der Waals surface area contributed by atoms with Gasteiger partial charge in [-0.05, 0) is 82.3 Å². The van der Waals surface area contributed by atoms with E-state index in [0.717, 1.165) is 60.9 Å². The molecule has 0 bridgehead atoms. The summed E-state index contributed by atoms with van der Waals surface area (Å²) in [6.07, 6.45) is 4.79. The lowest BCUT2D eigenvalue weighted by Crippen LogP contribution is -2.03. The topological polar surface area (TPSA) is 51.8 Å². The quantitative estimate of drug-likeness (QED) is 0.181. The van der Waals surface area contributed by atoms with E-state index in [1.54, 1.807) is 0 Å². The van der Waals surface area contributed by atoms with Crippen LogP contribution in [0.1, 0.15) is 0 Å². The minimum atomic E-state index is -1.28. The van der Waals surface area contributed by atoms with Crippen LogP contribution < -0.4 is 0 Å². The van der Waals surface area contributed by atoms with Crippen molar-refractivity contribution < 1.29 is 4.42 Å². The smallest absolute Gasteiger partial charge is 0.164 e. The number of para-hydroxylation sites is 1. The Morgan fingerprint density at radius 1 is 0.365 bits per heavy atom. The lowest BCUT2D eigenvalue weighted by Gasteiger charge is -2.28. The summed E-state index contributed by atoms with van der Waals surface area (Å²) in [5.74, 6) is 1.86. The Kier molecular flexibility index (Phi) is 6.98. The number of rotatable bonds is 5. The van der Waals surface area contributed by atoms with Crippen LogP contribution >= 0.6 is 10.0 Å². The first kappa shape index (κ1) is 30.5. The van der Waals surface area contributed by atoms with Gasteiger partial charge in [0.05, 0.1) is 0 Å². The lowest BCUT2D eigenvalue weighted by atomic mass is 9.94. The van der Waals surface area contributed by atoms with Gasteiger partial charge < -0.3 is 4.42 Å². The van der Waals surface area contributed by atoms with Crippen molar-refractivity contribution in [3.63, 3.8) is 0 Å². The normalized spacial score (nSPS) is 13.6. The van der Waals surface area contributed by atoms with E-state index >= 15 is 0 Å². The van der Waals surface area contributed by atoms with Gasteiger partial charge in [-0.2, -0.15) is 10.0 Å². The van der Waals surface area contributed by atoms with Gasteiger partial charge >= 0.3 is 0 Å². The second-order valence-electron chi connectivity index (χ2n) is 13.6. The summed E-state index contributed by atoms with van der Waals surface area (Å²) in [4.78, 5) is 18.7. The summed E-state index contributed by atoms with van der Waals surface area (Å²) < 4.78 is 6.45. The second-order valence-corrected chi connectivity index (χ2v) is 17.1. The Bertz CT molecular complexity index is 2810. The highest BCUT2D eigenvalue weighted by atomic mass is 32.3. The molecule has 0 unspecified atom stereocenters. The van der Waals surface area contributed by atoms with E-state index in [1.807, 2.05) is 36.4 Å². The highest BCUT2D eigenvalue weighted by Gasteiger charge is 2.33. The minimum absolute atomic E-state index is 0.597. The van der Waals surface area contributed by atoms with E-state index in [9.17, 15) is 0 Å². The van der Waals surface area contributed by atoms with Crippen LogP contribution in [0.15, 0.2) is 178 Å². The number of furan rings is 1. The van der Waals surface area contributed by atoms with Crippen LogP contribution in [0.3, 0.4) is 0 Å². The molecule has 7 aromatic carbocycles. The van der Waals surface area contributed by atoms with Crippen LogP contribution in [0.2, 0.25) is 0 Å². The van der Waals surface area contributed by atoms with Crippen LogP contribution in [-0.4, -0.2) is 27.5 Å². The fourth-order valence-electron chi connectivity index (χ4n) is 7.65. The summed E-state index contributed by atoms with van der Waals surface area (Å²) in [7, 11) is -1.28. The third-order valence-corrected chi connectivity index (χ3v) is 13.1. The van der Waals surface area contributed by atoms with Crippen LogP contribution in [0.4, 0.5) is 0 Å². The van der Waals surface area contributed by atoms with E-state index in [0.29, 0.717) is 17.5 Å². The van der Waals surface area contributed by atoms with Gasteiger partial charge in [-0.15, -0.1) is 0 Å². The standard InChI is InChI=1S/C47H33N3OS/c1-52(2)43-25-15-13-23-34(43)38-27-36(31-18-8-4-9-19-31)40(29-44(38)52)47-49-45(32-20-10-5-11-21-32)48-46(50-47)39-28-42-37(33-22-12-14-24-41(33)51-42)26-35(39)30-16-6-3-7-17-30/h3-29H,1-2H3. The predicted molar refractivity (Wildman–Crippen MR) is 216 cm³/mol. The zero-order chi connectivity index (χ0) is 34.8. The van der Waals surface area contributed by atoms with Crippen molar-refractivity contribution in [3.05, 3.63) is 164 Å². The maximum Gasteiger partial charge on any atom is 0.164 e. The molecule has 0 atom stereocenters. The summed E-state index contributed by atoms with van der Waals surface area (Å²) in [6, 6.07) is 57.4. The third kappa shape index (κ3) is 4.89. The SMILES string of the molecule is CS1(C)c2ccccc2-c2cc(-c3ccccc3)c(-c3nc(-c4ccccc4)nc(-c4cc5oc6ccccc6c5cc4-c4ccccc4)n3)cc21. The van der Waals surface area contributed by atoms with Crippen molar-refractivity contribution in [1.82, 2.24) is 15.0 Å². The first-order chi connectivity index (χ1) is 25.5. The molecule has 1 aliphatic heterocycles. The molecule has 0 spiro atoms. The zero-order valence-corrected chi connectivity index (χ0v) is 29.6. The summed E-state index contributed by atoms with van der Waals surface area (Å²) in [6.45, 7) is 0. The third-order valence-electron chi connectivity index (χ3n) is 10.2. The number of nitrogens with zero attached hydrogens (tertiary/aromatic N) is 3. The summed E-state index contributed by atoms with van der Waals surface area (Å²) in [5.41, 5.74) is 11.4. The van der Waals surface area contributed by atoms with Gasteiger partial charge in [0.2, 0.25) is 0 Å². The highest BCUT2D eigenvalue weighted by Crippen LogP contribution is 2.68. The highest BCUT2D eigenvalue weighted by molar-refractivity contribution is 8.33. The van der Waals surface area contributed by atoms with E-state index in [-0.39, 0.29) is 0 Å². The number of aromatic nitrogens is 3. The monoisotopic (exact) mass is 687 g/mol. The van der Waals surface area contributed by atoms with E-state index in [2.05, 4.69) is 140 Å². The fourth-order valence-corrected chi connectivity index (χ4v) is 10.2. The average molecular weight is 688 g/mol. The van der Waals surface area contributed by atoms with Crippen LogP contribution in [0.25, 0.3) is 89.5 Å². The maximum absolute atomic E-state index is 6.45. The minimum Gasteiger partial charge on any atom is -0.456 e. The molecule has 248 valence electrons. The maximum atomic E-state index is 6.45. The Morgan fingerprint density at radius 3 is 1.60 bits per heavy atom. The van der Waals surface area contributed by atoms with Gasteiger partial charge in [0.1, 0.15) is 11.2 Å². The van der Waals surface area contributed by atoms with Crippen molar-refractivity contribution in [2.24, 2.45) is 0 Å². The van der Waals surface area contributed by atoms with Gasteiger partial charge in [-0.3, -0.25) is 0 Å². The Hall–Kier alpha value is -6.30. The molecule has 0 saturated heterocycles. The molecule has 0 radical (unpaired) electrons. The molecule has 2 aromatic heterocycles. The molecule has 0 fully saturated rings. The number of benzene rings is 7. The molecule has 52 heavy (non-hydrogen) atoms. The second kappa shape index (κ2) is 11.9. The molecule has 1 aliphatic rings. The molecule has 5 heteroatoms. The predicted octanol–water partition coefficient (Wildman–Crippen LogP) is 12.6. The first-order valence-electron chi connectivity index (χ1n) is 17.4. The van der Waals surface area contributed by atoms with Crippen LogP contribution in [0.5, 0.6) is 0 Å². The molecule has 0 saturated carbocycles. The fraction of sp³-hybridized carbons (Fsp3) is 0.0426. The van der Waals surface area contributed by atoms with Crippen LogP contribution in [-0.2, 0) is 0 Å². The Labute approximate surface area is 303 Å². The largest absolute Gasteiger partial charge is 0.456 e. The molecule has 3 heterocycles. The van der Waals surface area contributed by atoms with Gasteiger partial charge in [-0.25, -0.2) is 15.0 Å². The van der Waals surface area contributed by atoms with Gasteiger partial charge in [0.25, 0.3) is 0 Å². The van der Waals surface area contributed by atoms with Gasteiger partial charge in [0, 0.05) is 37.3 Å². The molecule has 0 amide bonds. The Balaban J connectivity index is 1.28. The number of fused-ring (bicyclic) bond motifs is 6. The van der Waals surface area contributed by atoms with Gasteiger partial charge in [0.15, 0.2) is 17.5 Å². The number of hydrogen-bond donors (Lipinski definition) is 0. The van der Waals surface area contributed by atoms with Crippen LogP contribution in [0, 0.1) is 0 Å². The van der Waals surface area contributed by atoms with Crippen molar-refractivity contribution >= 4 is 32.0 Å². The summed E-state index contributed by atoms with van der Waals surface area (Å²) >= 11 is 0.